The minimum Gasteiger partial charge on any atom is -0.492 e. The summed E-state index contributed by atoms with van der Waals surface area (Å²) in [6.45, 7) is 5.11. The molecule has 0 amide bonds. The highest BCUT2D eigenvalue weighted by molar-refractivity contribution is 7.17. The van der Waals surface area contributed by atoms with Gasteiger partial charge in [-0.05, 0) is 54.3 Å². The van der Waals surface area contributed by atoms with Crippen molar-refractivity contribution >= 4 is 44.5 Å². The highest BCUT2D eigenvalue weighted by atomic mass is 32.1. The fourth-order valence-electron chi connectivity index (χ4n) is 3.19. The summed E-state index contributed by atoms with van der Waals surface area (Å²) in [6.07, 6.45) is 2.36. The van der Waals surface area contributed by atoms with Crippen molar-refractivity contribution in [3.05, 3.63) is 58.0 Å². The van der Waals surface area contributed by atoms with Crippen LogP contribution < -0.4 is 10.1 Å². The zero-order valence-electron chi connectivity index (χ0n) is 16.6. The Bertz CT molecular complexity index is 1200. The van der Waals surface area contributed by atoms with Gasteiger partial charge in [0.25, 0.3) is 0 Å². The molecule has 0 atom stereocenters. The van der Waals surface area contributed by atoms with Crippen molar-refractivity contribution in [2.45, 2.75) is 20.3 Å². The van der Waals surface area contributed by atoms with E-state index in [4.69, 9.17) is 4.74 Å². The van der Waals surface area contributed by atoms with E-state index in [1.807, 2.05) is 13.0 Å². The normalized spacial score (nSPS) is 11.0. The average Bonchev–Trinajstić information content (AvgIpc) is 3.33. The number of fused-ring (bicyclic) bond motifs is 1. The number of hydrogen-bond acceptors (Lipinski definition) is 7. The summed E-state index contributed by atoms with van der Waals surface area (Å²) in [5, 5.41) is 16.2. The van der Waals surface area contributed by atoms with Gasteiger partial charge in [-0.15, -0.1) is 22.7 Å². The number of aryl methyl sites for hydroxylation is 1. The molecule has 0 unspecified atom stereocenters. The maximum Gasteiger partial charge on any atom is 0.349 e. The highest BCUT2D eigenvalue weighted by Gasteiger charge is 2.18. The third-order valence-corrected chi connectivity index (χ3v) is 6.87. The predicted molar refractivity (Wildman–Crippen MR) is 122 cm³/mol. The van der Waals surface area contributed by atoms with Gasteiger partial charge < -0.3 is 15.2 Å². The Morgan fingerprint density at radius 1 is 1.23 bits per heavy atom. The van der Waals surface area contributed by atoms with E-state index in [0.717, 1.165) is 29.2 Å². The Balaban J connectivity index is 1.46. The number of aromatic carboxylic acids is 1. The van der Waals surface area contributed by atoms with Crippen molar-refractivity contribution in [3.8, 4) is 16.3 Å². The minimum absolute atomic E-state index is 0.180. The van der Waals surface area contributed by atoms with Gasteiger partial charge in [-0.1, -0.05) is 6.07 Å². The van der Waals surface area contributed by atoms with Crippen molar-refractivity contribution in [1.29, 1.82) is 0 Å². The Labute approximate surface area is 182 Å². The number of rotatable bonds is 8. The number of carboxylic acid groups (broad SMARTS) is 1. The zero-order chi connectivity index (χ0) is 21.1. The number of nitrogens with one attached hydrogen (secondary N) is 1. The summed E-state index contributed by atoms with van der Waals surface area (Å²) in [4.78, 5) is 21.0. The largest absolute Gasteiger partial charge is 0.492 e. The first-order valence-electron chi connectivity index (χ1n) is 9.58. The molecular formula is C22H21N3O3S2. The van der Waals surface area contributed by atoms with E-state index in [9.17, 15) is 9.90 Å². The van der Waals surface area contributed by atoms with Gasteiger partial charge in [0.2, 0.25) is 0 Å². The van der Waals surface area contributed by atoms with Crippen LogP contribution in [0.25, 0.3) is 20.7 Å². The fraction of sp³-hybridized carbons (Fsp3) is 0.227. The Morgan fingerprint density at radius 2 is 2.10 bits per heavy atom. The molecule has 0 radical (unpaired) electrons. The molecule has 3 aromatic heterocycles. The molecule has 2 N–H and O–H groups in total. The molecule has 0 fully saturated rings. The monoisotopic (exact) mass is 439 g/mol. The third-order valence-electron chi connectivity index (χ3n) is 4.66. The molecule has 30 heavy (non-hydrogen) atoms. The van der Waals surface area contributed by atoms with Gasteiger partial charge >= 0.3 is 5.97 Å². The van der Waals surface area contributed by atoms with Gasteiger partial charge in [0.15, 0.2) is 4.88 Å². The molecule has 0 aliphatic heterocycles. The van der Waals surface area contributed by atoms with Crippen LogP contribution >= 0.6 is 22.7 Å². The Kier molecular flexibility index (Phi) is 5.96. The van der Waals surface area contributed by atoms with Gasteiger partial charge in [-0.2, -0.15) is 0 Å². The molecule has 0 saturated heterocycles. The summed E-state index contributed by atoms with van der Waals surface area (Å²) < 4.78 is 6.76. The van der Waals surface area contributed by atoms with Crippen LogP contribution in [0.3, 0.4) is 0 Å². The SMILES string of the molecule is CCOc1cc(-c2cc(NCCc3ccc4scc(C)c4c3)ncn2)sc1C(=O)O. The fourth-order valence-corrected chi connectivity index (χ4v) is 5.03. The van der Waals surface area contributed by atoms with E-state index in [2.05, 4.69) is 45.8 Å². The molecular weight excluding hydrogens is 418 g/mol. The second-order valence-electron chi connectivity index (χ2n) is 6.76. The Morgan fingerprint density at radius 3 is 2.90 bits per heavy atom. The molecule has 4 aromatic rings. The molecule has 8 heteroatoms. The second-order valence-corrected chi connectivity index (χ2v) is 8.72. The lowest BCUT2D eigenvalue weighted by Crippen LogP contribution is -2.06. The third kappa shape index (κ3) is 4.29. The Hall–Kier alpha value is -2.97. The van der Waals surface area contributed by atoms with Gasteiger partial charge in [-0.25, -0.2) is 14.8 Å². The van der Waals surface area contributed by atoms with Crippen LogP contribution in [0, 0.1) is 6.92 Å². The van der Waals surface area contributed by atoms with Crippen molar-refractivity contribution in [2.24, 2.45) is 0 Å². The molecule has 6 nitrogen and oxygen atoms in total. The maximum absolute atomic E-state index is 11.5. The van der Waals surface area contributed by atoms with Crippen LogP contribution in [-0.4, -0.2) is 34.2 Å². The van der Waals surface area contributed by atoms with Crippen LogP contribution in [-0.2, 0) is 6.42 Å². The number of ether oxygens (including phenoxy) is 1. The number of benzene rings is 1. The molecule has 0 spiro atoms. The number of nitrogens with zero attached hydrogens (tertiary/aromatic N) is 2. The number of aromatic nitrogens is 2. The molecule has 1 aromatic carbocycles. The van der Waals surface area contributed by atoms with Crippen LogP contribution in [0.4, 0.5) is 5.82 Å². The lowest BCUT2D eigenvalue weighted by Gasteiger charge is -2.07. The van der Waals surface area contributed by atoms with Crippen molar-refractivity contribution < 1.29 is 14.6 Å². The summed E-state index contributed by atoms with van der Waals surface area (Å²) in [6, 6.07) is 10.2. The topological polar surface area (TPSA) is 84.3 Å². The van der Waals surface area contributed by atoms with Crippen LogP contribution in [0.1, 0.15) is 27.7 Å². The van der Waals surface area contributed by atoms with Crippen LogP contribution in [0.2, 0.25) is 0 Å². The minimum atomic E-state index is -1.00. The van der Waals surface area contributed by atoms with E-state index in [0.29, 0.717) is 23.9 Å². The van der Waals surface area contributed by atoms with Crippen LogP contribution in [0.15, 0.2) is 42.0 Å². The summed E-state index contributed by atoms with van der Waals surface area (Å²) in [5.74, 6) is 0.0770. The first kappa shape index (κ1) is 20.3. The first-order chi connectivity index (χ1) is 14.5. The first-order valence-corrected chi connectivity index (χ1v) is 11.3. The number of carboxylic acids is 1. The lowest BCUT2D eigenvalue weighted by molar-refractivity contribution is 0.0698. The highest BCUT2D eigenvalue weighted by Crippen LogP contribution is 2.36. The lowest BCUT2D eigenvalue weighted by atomic mass is 10.1. The van der Waals surface area contributed by atoms with E-state index in [1.54, 1.807) is 17.4 Å². The number of hydrogen-bond donors (Lipinski definition) is 2. The van der Waals surface area contributed by atoms with E-state index >= 15 is 0 Å². The quantitative estimate of drug-likeness (QED) is 0.378. The smallest absolute Gasteiger partial charge is 0.349 e. The molecule has 0 saturated carbocycles. The molecule has 3 heterocycles. The predicted octanol–water partition coefficient (Wildman–Crippen LogP) is 5.48. The summed E-state index contributed by atoms with van der Waals surface area (Å²) >= 11 is 2.92. The zero-order valence-corrected chi connectivity index (χ0v) is 18.3. The van der Waals surface area contributed by atoms with Gasteiger partial charge in [0, 0.05) is 23.4 Å². The van der Waals surface area contributed by atoms with E-state index in [1.165, 1.54) is 27.5 Å². The standard InChI is InChI=1S/C22H21N3O3S2/c1-3-28-17-10-19(30-21(17)22(26)27)16-9-20(25-12-24-16)23-7-6-14-4-5-18-15(8-14)13(2)11-29-18/h4-5,8-12H,3,6-7H2,1-2H3,(H,26,27)(H,23,24,25). The van der Waals surface area contributed by atoms with Crippen molar-refractivity contribution in [3.63, 3.8) is 0 Å². The maximum atomic E-state index is 11.5. The second kappa shape index (κ2) is 8.81. The number of anilines is 1. The summed E-state index contributed by atoms with van der Waals surface area (Å²) in [7, 11) is 0. The van der Waals surface area contributed by atoms with E-state index < -0.39 is 5.97 Å². The van der Waals surface area contributed by atoms with E-state index in [-0.39, 0.29) is 4.88 Å². The van der Waals surface area contributed by atoms with Crippen LogP contribution in [0.5, 0.6) is 5.75 Å². The van der Waals surface area contributed by atoms with Crippen molar-refractivity contribution in [2.75, 3.05) is 18.5 Å². The number of carbonyl (C=O) groups is 1. The van der Waals surface area contributed by atoms with Gasteiger partial charge in [-0.3, -0.25) is 0 Å². The molecule has 0 aliphatic rings. The van der Waals surface area contributed by atoms with Gasteiger partial charge in [0.05, 0.1) is 17.2 Å². The average molecular weight is 440 g/mol. The molecule has 154 valence electrons. The molecule has 4 rings (SSSR count). The summed E-state index contributed by atoms with van der Waals surface area (Å²) in [5.41, 5.74) is 3.26. The van der Waals surface area contributed by atoms with Crippen molar-refractivity contribution in [1.82, 2.24) is 9.97 Å². The molecule has 0 bridgehead atoms. The molecule has 0 aliphatic carbocycles. The number of thiophene rings is 2. The van der Waals surface area contributed by atoms with Gasteiger partial charge in [0.1, 0.15) is 17.9 Å².